The number of hydrogen-bond acceptors (Lipinski definition) is 1. The third-order valence-electron chi connectivity index (χ3n) is 4.57. The van der Waals surface area contributed by atoms with Gasteiger partial charge in [0.1, 0.15) is 0 Å². The van der Waals surface area contributed by atoms with Gasteiger partial charge in [-0.3, -0.25) is 0 Å². The van der Waals surface area contributed by atoms with Crippen molar-refractivity contribution in [3.63, 3.8) is 0 Å². The van der Waals surface area contributed by atoms with Crippen LogP contribution in [-0.2, 0) is 0 Å². The zero-order chi connectivity index (χ0) is 11.3. The summed E-state index contributed by atoms with van der Waals surface area (Å²) in [6.07, 6.45) is 6.85. The van der Waals surface area contributed by atoms with E-state index in [9.17, 15) is 0 Å². The van der Waals surface area contributed by atoms with Crippen molar-refractivity contribution in [3.05, 3.63) is 0 Å². The van der Waals surface area contributed by atoms with Crippen molar-refractivity contribution in [3.8, 4) is 0 Å². The SMILES string of the molecule is CCC(CC)CNC1CCC(CC)C1C. The molecule has 1 rings (SSSR count). The predicted octanol–water partition coefficient (Wildman–Crippen LogP) is 3.84. The smallest absolute Gasteiger partial charge is 0.00955 e. The van der Waals surface area contributed by atoms with Gasteiger partial charge in [0.2, 0.25) is 0 Å². The molecular formula is C14H29N. The first-order valence-electron chi connectivity index (χ1n) is 6.96. The molecular weight excluding hydrogens is 182 g/mol. The average molecular weight is 211 g/mol. The van der Waals surface area contributed by atoms with Crippen LogP contribution in [-0.4, -0.2) is 12.6 Å². The highest BCUT2D eigenvalue weighted by Gasteiger charge is 2.31. The second-order valence-corrected chi connectivity index (χ2v) is 5.30. The Bertz CT molecular complexity index is 163. The highest BCUT2D eigenvalue weighted by molar-refractivity contribution is 4.86. The van der Waals surface area contributed by atoms with E-state index in [-0.39, 0.29) is 0 Å². The van der Waals surface area contributed by atoms with Gasteiger partial charge < -0.3 is 5.32 Å². The van der Waals surface area contributed by atoms with E-state index in [1.165, 1.54) is 38.6 Å². The van der Waals surface area contributed by atoms with Crippen LogP contribution < -0.4 is 5.32 Å². The van der Waals surface area contributed by atoms with Crippen molar-refractivity contribution in [2.24, 2.45) is 17.8 Å². The summed E-state index contributed by atoms with van der Waals surface area (Å²) in [5.41, 5.74) is 0. The second-order valence-electron chi connectivity index (χ2n) is 5.30. The van der Waals surface area contributed by atoms with Crippen LogP contribution >= 0.6 is 0 Å². The molecule has 3 atom stereocenters. The van der Waals surface area contributed by atoms with Crippen molar-refractivity contribution < 1.29 is 0 Å². The topological polar surface area (TPSA) is 12.0 Å². The molecule has 1 fully saturated rings. The van der Waals surface area contributed by atoms with E-state index >= 15 is 0 Å². The van der Waals surface area contributed by atoms with Crippen LogP contribution in [0.3, 0.4) is 0 Å². The first-order chi connectivity index (χ1) is 7.22. The van der Waals surface area contributed by atoms with E-state index in [0.717, 1.165) is 23.8 Å². The Morgan fingerprint density at radius 3 is 2.27 bits per heavy atom. The Kier molecular flexibility index (Phi) is 5.66. The molecule has 0 aromatic heterocycles. The lowest BCUT2D eigenvalue weighted by Gasteiger charge is -2.23. The summed E-state index contributed by atoms with van der Waals surface area (Å²) < 4.78 is 0. The molecule has 0 amide bonds. The quantitative estimate of drug-likeness (QED) is 0.704. The minimum absolute atomic E-state index is 0.801. The first-order valence-corrected chi connectivity index (χ1v) is 6.96. The van der Waals surface area contributed by atoms with Crippen LogP contribution in [0, 0.1) is 17.8 Å². The van der Waals surface area contributed by atoms with Crippen molar-refractivity contribution in [2.75, 3.05) is 6.54 Å². The highest BCUT2D eigenvalue weighted by atomic mass is 14.9. The number of rotatable bonds is 6. The van der Waals surface area contributed by atoms with Gasteiger partial charge in [-0.25, -0.2) is 0 Å². The third kappa shape index (κ3) is 3.48. The van der Waals surface area contributed by atoms with Gasteiger partial charge in [0.05, 0.1) is 0 Å². The van der Waals surface area contributed by atoms with Crippen LogP contribution in [0.2, 0.25) is 0 Å². The monoisotopic (exact) mass is 211 g/mol. The summed E-state index contributed by atoms with van der Waals surface area (Å²) in [4.78, 5) is 0. The number of hydrogen-bond donors (Lipinski definition) is 1. The van der Waals surface area contributed by atoms with E-state index in [4.69, 9.17) is 0 Å². The van der Waals surface area contributed by atoms with E-state index < -0.39 is 0 Å². The molecule has 15 heavy (non-hydrogen) atoms. The molecule has 1 heteroatoms. The van der Waals surface area contributed by atoms with Crippen LogP contribution in [0.4, 0.5) is 0 Å². The predicted molar refractivity (Wildman–Crippen MR) is 68.0 cm³/mol. The summed E-state index contributed by atoms with van der Waals surface area (Å²) in [5.74, 6) is 2.76. The van der Waals surface area contributed by atoms with Crippen LogP contribution in [0.1, 0.15) is 59.8 Å². The largest absolute Gasteiger partial charge is 0.313 e. The molecule has 1 nitrogen and oxygen atoms in total. The van der Waals surface area contributed by atoms with Crippen LogP contribution in [0.5, 0.6) is 0 Å². The molecule has 1 saturated carbocycles. The van der Waals surface area contributed by atoms with E-state index in [1.807, 2.05) is 0 Å². The van der Waals surface area contributed by atoms with Crippen LogP contribution in [0.15, 0.2) is 0 Å². The number of nitrogens with one attached hydrogen (secondary N) is 1. The molecule has 1 aliphatic rings. The lowest BCUT2D eigenvalue weighted by atomic mass is 9.93. The zero-order valence-electron chi connectivity index (χ0n) is 11.1. The van der Waals surface area contributed by atoms with Gasteiger partial charge in [0.25, 0.3) is 0 Å². The molecule has 1 N–H and O–H groups in total. The van der Waals surface area contributed by atoms with Gasteiger partial charge in [0.15, 0.2) is 0 Å². The minimum atomic E-state index is 0.801. The fraction of sp³-hybridized carbons (Fsp3) is 1.00. The molecule has 0 aromatic carbocycles. The Balaban J connectivity index is 2.27. The molecule has 90 valence electrons. The molecule has 0 saturated heterocycles. The van der Waals surface area contributed by atoms with Crippen molar-refractivity contribution in [2.45, 2.75) is 65.8 Å². The molecule has 0 radical (unpaired) electrons. The Labute approximate surface area is 96.0 Å². The first kappa shape index (κ1) is 13.0. The second kappa shape index (κ2) is 6.52. The van der Waals surface area contributed by atoms with E-state index in [0.29, 0.717) is 0 Å². The molecule has 0 spiro atoms. The van der Waals surface area contributed by atoms with Crippen LogP contribution in [0.25, 0.3) is 0 Å². The Morgan fingerprint density at radius 1 is 1.13 bits per heavy atom. The van der Waals surface area contributed by atoms with Gasteiger partial charge in [-0.05, 0) is 37.1 Å². The summed E-state index contributed by atoms with van der Waals surface area (Å²) in [6.45, 7) is 10.6. The Morgan fingerprint density at radius 2 is 1.80 bits per heavy atom. The van der Waals surface area contributed by atoms with Gasteiger partial charge >= 0.3 is 0 Å². The highest BCUT2D eigenvalue weighted by Crippen LogP contribution is 2.33. The average Bonchev–Trinajstić information content (AvgIpc) is 2.61. The minimum Gasteiger partial charge on any atom is -0.313 e. The normalized spacial score (nSPS) is 31.4. The maximum atomic E-state index is 3.80. The van der Waals surface area contributed by atoms with Crippen molar-refractivity contribution in [1.29, 1.82) is 0 Å². The summed E-state index contributed by atoms with van der Waals surface area (Å²) in [7, 11) is 0. The van der Waals surface area contributed by atoms with Crippen molar-refractivity contribution >= 4 is 0 Å². The summed E-state index contributed by atoms with van der Waals surface area (Å²) in [5, 5.41) is 3.80. The lowest BCUT2D eigenvalue weighted by Crippen LogP contribution is -2.36. The molecule has 1 aliphatic carbocycles. The third-order valence-corrected chi connectivity index (χ3v) is 4.57. The van der Waals surface area contributed by atoms with Gasteiger partial charge in [-0.15, -0.1) is 0 Å². The lowest BCUT2D eigenvalue weighted by molar-refractivity contribution is 0.323. The molecule has 0 aromatic rings. The van der Waals surface area contributed by atoms with E-state index in [2.05, 4.69) is 33.0 Å². The summed E-state index contributed by atoms with van der Waals surface area (Å²) in [6, 6.07) is 0.801. The fourth-order valence-corrected chi connectivity index (χ4v) is 3.01. The maximum Gasteiger partial charge on any atom is 0.00955 e. The Hall–Kier alpha value is -0.0400. The molecule has 0 heterocycles. The standard InChI is InChI=1S/C14H29N/c1-5-12(6-2)10-15-14-9-8-13(7-3)11(14)4/h11-15H,5-10H2,1-4H3. The van der Waals surface area contributed by atoms with E-state index in [1.54, 1.807) is 0 Å². The van der Waals surface area contributed by atoms with Gasteiger partial charge in [-0.2, -0.15) is 0 Å². The maximum absolute atomic E-state index is 3.80. The van der Waals surface area contributed by atoms with Gasteiger partial charge in [0, 0.05) is 6.04 Å². The molecule has 3 unspecified atom stereocenters. The fourth-order valence-electron chi connectivity index (χ4n) is 3.01. The molecule has 0 bridgehead atoms. The summed E-state index contributed by atoms with van der Waals surface area (Å²) >= 11 is 0. The van der Waals surface area contributed by atoms with Gasteiger partial charge in [-0.1, -0.05) is 47.0 Å². The zero-order valence-corrected chi connectivity index (χ0v) is 11.1. The van der Waals surface area contributed by atoms with Crippen molar-refractivity contribution in [1.82, 2.24) is 5.32 Å². The molecule has 0 aliphatic heterocycles.